The maximum atomic E-state index is 12.0. The van der Waals surface area contributed by atoms with Crippen molar-refractivity contribution in [3.8, 4) is 0 Å². The molecule has 1 aromatic heterocycles. The van der Waals surface area contributed by atoms with Gasteiger partial charge in [-0.1, -0.05) is 0 Å². The molecule has 0 radical (unpaired) electrons. The number of rotatable bonds is 4. The quantitative estimate of drug-likeness (QED) is 0.758. The van der Waals surface area contributed by atoms with Crippen LogP contribution in [0.4, 0.5) is 0 Å². The van der Waals surface area contributed by atoms with Gasteiger partial charge < -0.3 is 4.90 Å². The standard InChI is InChI=1S/C12H17ClN2O/c1-9-6-11(8-14-7-9)12(16)15(3)5-4-10(2)13/h6-8,10H,4-5H2,1-3H3. The molecule has 0 aliphatic carbocycles. The Morgan fingerprint density at radius 1 is 1.56 bits per heavy atom. The van der Waals surface area contributed by atoms with Gasteiger partial charge in [-0.3, -0.25) is 9.78 Å². The van der Waals surface area contributed by atoms with Crippen LogP contribution in [0.5, 0.6) is 0 Å². The smallest absolute Gasteiger partial charge is 0.255 e. The minimum atomic E-state index is -0.00600. The predicted octanol–water partition coefficient (Wildman–Crippen LogP) is 2.48. The molecule has 1 heterocycles. The summed E-state index contributed by atoms with van der Waals surface area (Å²) in [5, 5.41) is 0.0888. The Morgan fingerprint density at radius 3 is 2.81 bits per heavy atom. The van der Waals surface area contributed by atoms with Gasteiger partial charge in [-0.25, -0.2) is 0 Å². The lowest BCUT2D eigenvalue weighted by Crippen LogP contribution is -2.28. The van der Waals surface area contributed by atoms with Crippen molar-refractivity contribution in [2.45, 2.75) is 25.6 Å². The molecule has 16 heavy (non-hydrogen) atoms. The highest BCUT2D eigenvalue weighted by Gasteiger charge is 2.12. The zero-order valence-electron chi connectivity index (χ0n) is 9.90. The van der Waals surface area contributed by atoms with Gasteiger partial charge in [-0.2, -0.15) is 0 Å². The maximum Gasteiger partial charge on any atom is 0.255 e. The Bertz CT molecular complexity index is 366. The Labute approximate surface area is 101 Å². The molecule has 3 nitrogen and oxygen atoms in total. The van der Waals surface area contributed by atoms with Crippen LogP contribution in [0, 0.1) is 6.92 Å². The highest BCUT2D eigenvalue weighted by atomic mass is 35.5. The van der Waals surface area contributed by atoms with E-state index in [-0.39, 0.29) is 11.3 Å². The van der Waals surface area contributed by atoms with Crippen molar-refractivity contribution in [2.24, 2.45) is 0 Å². The van der Waals surface area contributed by atoms with Crippen LogP contribution in [-0.2, 0) is 0 Å². The van der Waals surface area contributed by atoms with Crippen LogP contribution in [0.25, 0.3) is 0 Å². The van der Waals surface area contributed by atoms with Gasteiger partial charge in [0.1, 0.15) is 0 Å². The van der Waals surface area contributed by atoms with Crippen LogP contribution in [0.1, 0.15) is 29.3 Å². The van der Waals surface area contributed by atoms with E-state index in [0.717, 1.165) is 12.0 Å². The molecule has 88 valence electrons. The second kappa shape index (κ2) is 5.85. The molecule has 0 saturated heterocycles. The number of carbonyl (C=O) groups is 1. The van der Waals surface area contributed by atoms with Crippen LogP contribution >= 0.6 is 11.6 Å². The third kappa shape index (κ3) is 3.81. The van der Waals surface area contributed by atoms with Crippen molar-refractivity contribution in [1.29, 1.82) is 0 Å². The fourth-order valence-electron chi connectivity index (χ4n) is 1.37. The van der Waals surface area contributed by atoms with Crippen LogP contribution < -0.4 is 0 Å². The molecular weight excluding hydrogens is 224 g/mol. The predicted molar refractivity (Wildman–Crippen MR) is 65.9 cm³/mol. The molecule has 1 unspecified atom stereocenters. The molecule has 1 rings (SSSR count). The van der Waals surface area contributed by atoms with E-state index in [9.17, 15) is 4.79 Å². The van der Waals surface area contributed by atoms with E-state index < -0.39 is 0 Å². The molecule has 1 atom stereocenters. The summed E-state index contributed by atoms with van der Waals surface area (Å²) in [5.41, 5.74) is 1.62. The normalized spacial score (nSPS) is 12.2. The highest BCUT2D eigenvalue weighted by molar-refractivity contribution is 6.20. The number of aryl methyl sites for hydroxylation is 1. The van der Waals surface area contributed by atoms with Gasteiger partial charge in [0.2, 0.25) is 0 Å². The van der Waals surface area contributed by atoms with E-state index in [1.807, 2.05) is 19.9 Å². The first-order chi connectivity index (χ1) is 7.50. The lowest BCUT2D eigenvalue weighted by molar-refractivity contribution is 0.0793. The maximum absolute atomic E-state index is 12.0. The number of hydrogen-bond donors (Lipinski definition) is 0. The molecule has 1 amide bonds. The Kier molecular flexibility index (Phi) is 4.74. The van der Waals surface area contributed by atoms with Crippen molar-refractivity contribution in [1.82, 2.24) is 9.88 Å². The van der Waals surface area contributed by atoms with Crippen molar-refractivity contribution in [3.63, 3.8) is 0 Å². The number of hydrogen-bond acceptors (Lipinski definition) is 2. The summed E-state index contributed by atoms with van der Waals surface area (Å²) < 4.78 is 0. The lowest BCUT2D eigenvalue weighted by Gasteiger charge is -2.17. The first-order valence-electron chi connectivity index (χ1n) is 5.32. The molecule has 0 aromatic carbocycles. The van der Waals surface area contributed by atoms with Gasteiger partial charge in [0.05, 0.1) is 5.56 Å². The summed E-state index contributed by atoms with van der Waals surface area (Å²) in [4.78, 5) is 17.6. The summed E-state index contributed by atoms with van der Waals surface area (Å²) >= 11 is 5.85. The fourth-order valence-corrected chi connectivity index (χ4v) is 1.46. The van der Waals surface area contributed by atoms with Gasteiger partial charge in [-0.15, -0.1) is 11.6 Å². The number of halogens is 1. The number of alkyl halides is 1. The largest absolute Gasteiger partial charge is 0.342 e. The lowest BCUT2D eigenvalue weighted by atomic mass is 10.2. The van der Waals surface area contributed by atoms with Crippen LogP contribution in [0.2, 0.25) is 0 Å². The number of carbonyl (C=O) groups excluding carboxylic acids is 1. The summed E-state index contributed by atoms with van der Waals surface area (Å²) in [6.07, 6.45) is 4.12. The number of pyridine rings is 1. The number of amides is 1. The van der Waals surface area contributed by atoms with E-state index in [2.05, 4.69) is 4.98 Å². The van der Waals surface area contributed by atoms with E-state index in [1.165, 1.54) is 0 Å². The van der Waals surface area contributed by atoms with Gasteiger partial charge in [0, 0.05) is 31.4 Å². The fraction of sp³-hybridized carbons (Fsp3) is 0.500. The third-order valence-corrected chi connectivity index (χ3v) is 2.55. The molecule has 0 bridgehead atoms. The first kappa shape index (κ1) is 13.0. The van der Waals surface area contributed by atoms with Gasteiger partial charge in [0.15, 0.2) is 0 Å². The summed E-state index contributed by atoms with van der Waals surface area (Å²) in [5.74, 6) is -0.00600. The number of aromatic nitrogens is 1. The molecule has 0 spiro atoms. The second-order valence-electron chi connectivity index (χ2n) is 4.05. The Morgan fingerprint density at radius 2 is 2.25 bits per heavy atom. The molecule has 0 fully saturated rings. The van der Waals surface area contributed by atoms with Crippen LogP contribution in [0.3, 0.4) is 0 Å². The average molecular weight is 241 g/mol. The minimum absolute atomic E-state index is 0.00600. The zero-order valence-corrected chi connectivity index (χ0v) is 10.7. The molecule has 0 N–H and O–H groups in total. The van der Waals surface area contributed by atoms with Crippen molar-refractivity contribution >= 4 is 17.5 Å². The molecule has 0 aliphatic rings. The minimum Gasteiger partial charge on any atom is -0.342 e. The van der Waals surface area contributed by atoms with E-state index in [4.69, 9.17) is 11.6 Å². The topological polar surface area (TPSA) is 33.2 Å². The average Bonchev–Trinajstić information content (AvgIpc) is 2.24. The zero-order chi connectivity index (χ0) is 12.1. The number of nitrogens with zero attached hydrogens (tertiary/aromatic N) is 2. The Hall–Kier alpha value is -1.09. The highest BCUT2D eigenvalue weighted by Crippen LogP contribution is 2.07. The summed E-state index contributed by atoms with van der Waals surface area (Å²) in [6.45, 7) is 4.51. The Balaban J connectivity index is 2.63. The van der Waals surface area contributed by atoms with Crippen molar-refractivity contribution in [2.75, 3.05) is 13.6 Å². The second-order valence-corrected chi connectivity index (χ2v) is 4.79. The molecule has 1 aromatic rings. The van der Waals surface area contributed by atoms with Crippen molar-refractivity contribution in [3.05, 3.63) is 29.6 Å². The first-order valence-corrected chi connectivity index (χ1v) is 5.75. The molecule has 4 heteroatoms. The van der Waals surface area contributed by atoms with Gasteiger partial charge in [0.25, 0.3) is 5.91 Å². The van der Waals surface area contributed by atoms with E-state index >= 15 is 0 Å². The van der Waals surface area contributed by atoms with Gasteiger partial charge >= 0.3 is 0 Å². The summed E-state index contributed by atoms with van der Waals surface area (Å²) in [7, 11) is 1.78. The van der Waals surface area contributed by atoms with Crippen molar-refractivity contribution < 1.29 is 4.79 Å². The van der Waals surface area contributed by atoms with Crippen LogP contribution in [-0.4, -0.2) is 34.8 Å². The SMILES string of the molecule is Cc1cncc(C(=O)N(C)CCC(C)Cl)c1. The third-order valence-electron chi connectivity index (χ3n) is 2.33. The van der Waals surface area contributed by atoms with E-state index in [0.29, 0.717) is 12.1 Å². The van der Waals surface area contributed by atoms with Crippen LogP contribution in [0.15, 0.2) is 18.5 Å². The van der Waals surface area contributed by atoms with Gasteiger partial charge in [-0.05, 0) is 31.9 Å². The van der Waals surface area contributed by atoms with E-state index in [1.54, 1.807) is 24.3 Å². The molecule has 0 aliphatic heterocycles. The summed E-state index contributed by atoms with van der Waals surface area (Å²) in [6, 6.07) is 1.84. The monoisotopic (exact) mass is 240 g/mol. The molecule has 0 saturated carbocycles. The molecular formula is C12H17ClN2O.